The molecule has 1 aromatic carbocycles. The summed E-state index contributed by atoms with van der Waals surface area (Å²) in [5.41, 5.74) is 6.62. The van der Waals surface area contributed by atoms with E-state index in [1.807, 2.05) is 0 Å². The van der Waals surface area contributed by atoms with E-state index in [1.54, 1.807) is 41.3 Å². The van der Waals surface area contributed by atoms with Crippen LogP contribution in [0.5, 0.6) is 0 Å². The fraction of sp³-hybridized carbons (Fsp3) is 0.318. The summed E-state index contributed by atoms with van der Waals surface area (Å²) in [6.45, 7) is -0.371. The number of anilines is 1. The second-order valence-corrected chi connectivity index (χ2v) is 8.59. The third kappa shape index (κ3) is 3.51. The molecule has 2 fully saturated rings. The Labute approximate surface area is 193 Å². The topological polar surface area (TPSA) is 143 Å². The first kappa shape index (κ1) is 21.4. The quantitative estimate of drug-likeness (QED) is 0.465. The van der Waals surface area contributed by atoms with E-state index in [0.29, 0.717) is 16.5 Å². The summed E-state index contributed by atoms with van der Waals surface area (Å²) in [4.78, 5) is 43.7. The van der Waals surface area contributed by atoms with E-state index in [0.717, 1.165) is 12.8 Å². The zero-order valence-electron chi connectivity index (χ0n) is 17.4. The average Bonchev–Trinajstić information content (AvgIpc) is 3.13. The van der Waals surface area contributed by atoms with Crippen molar-refractivity contribution in [3.8, 4) is 0 Å². The van der Waals surface area contributed by atoms with Gasteiger partial charge >= 0.3 is 0 Å². The standard InChI is InChI=1S/C22H21ClN6O4/c23-20-11(10-30)5-8-16(25-20)26-22(33)19-13-6-7-15(13)29(19)17(31)9-28-14-4-2-1-3-12(14)18(27-28)21(24)32/h1-5,8,13,15,19,30H,6-7,9-10H2,(H2,24,32)(H,25,26,33)/t13-,15?,19-/m0/s1. The molecular weight excluding hydrogens is 448 g/mol. The number of amides is 3. The lowest BCUT2D eigenvalue weighted by atomic mass is 9.65. The minimum atomic E-state index is -0.670. The van der Waals surface area contributed by atoms with Crippen molar-refractivity contribution in [3.63, 3.8) is 0 Å². The maximum absolute atomic E-state index is 13.2. The summed E-state index contributed by atoms with van der Waals surface area (Å²) >= 11 is 6.02. The number of halogens is 1. The van der Waals surface area contributed by atoms with Crippen molar-refractivity contribution in [2.45, 2.75) is 38.1 Å². The predicted octanol–water partition coefficient (Wildman–Crippen LogP) is 1.30. The largest absolute Gasteiger partial charge is 0.392 e. The number of hydrogen-bond acceptors (Lipinski definition) is 6. The second kappa shape index (κ2) is 8.13. The summed E-state index contributed by atoms with van der Waals surface area (Å²) < 4.78 is 1.45. The molecule has 1 saturated carbocycles. The van der Waals surface area contributed by atoms with Gasteiger partial charge in [0, 0.05) is 22.9 Å². The van der Waals surface area contributed by atoms with Gasteiger partial charge < -0.3 is 21.1 Å². The van der Waals surface area contributed by atoms with Gasteiger partial charge in [0.15, 0.2) is 5.69 Å². The van der Waals surface area contributed by atoms with Gasteiger partial charge in [0.2, 0.25) is 11.8 Å². The molecule has 5 rings (SSSR count). The molecule has 11 heteroatoms. The highest BCUT2D eigenvalue weighted by molar-refractivity contribution is 6.30. The van der Waals surface area contributed by atoms with Crippen molar-refractivity contribution in [3.05, 3.63) is 52.8 Å². The number of likely N-dealkylation sites (tertiary alicyclic amines) is 1. The lowest BCUT2D eigenvalue weighted by molar-refractivity contribution is -0.174. The van der Waals surface area contributed by atoms with Gasteiger partial charge in [-0.2, -0.15) is 5.10 Å². The lowest BCUT2D eigenvalue weighted by Gasteiger charge is -2.60. The van der Waals surface area contributed by atoms with Gasteiger partial charge in [0.05, 0.1) is 12.1 Å². The molecule has 33 heavy (non-hydrogen) atoms. The number of nitrogens with two attached hydrogens (primary N) is 1. The molecule has 2 aromatic heterocycles. The smallest absolute Gasteiger partial charge is 0.269 e. The normalized spacial score (nSPS) is 21.2. The number of hydrogen-bond donors (Lipinski definition) is 3. The number of aliphatic hydroxyl groups excluding tert-OH is 1. The van der Waals surface area contributed by atoms with Gasteiger partial charge in [0.25, 0.3) is 5.91 Å². The fourth-order valence-corrected chi connectivity index (χ4v) is 4.90. The molecule has 10 nitrogen and oxygen atoms in total. The molecule has 170 valence electrons. The van der Waals surface area contributed by atoms with Crippen molar-refractivity contribution in [1.29, 1.82) is 0 Å². The molecule has 0 spiro atoms. The van der Waals surface area contributed by atoms with Crippen LogP contribution >= 0.6 is 11.6 Å². The SMILES string of the molecule is NC(=O)c1nn(CC(=O)N2C3CC[C@@H]3[C@H]2C(=O)Nc2ccc(CO)c(Cl)n2)c2ccccc12. The summed E-state index contributed by atoms with van der Waals surface area (Å²) in [5.74, 6) is -0.927. The Hall–Kier alpha value is -3.50. The fourth-order valence-electron chi connectivity index (χ4n) is 4.68. The van der Waals surface area contributed by atoms with Crippen LogP contribution in [0.25, 0.3) is 10.9 Å². The van der Waals surface area contributed by atoms with Crippen LogP contribution in [0.2, 0.25) is 5.15 Å². The Bertz CT molecular complexity index is 1290. The van der Waals surface area contributed by atoms with Crippen molar-refractivity contribution >= 4 is 46.0 Å². The number of pyridine rings is 1. The summed E-state index contributed by atoms with van der Waals surface area (Å²) in [6, 6.07) is 9.58. The van der Waals surface area contributed by atoms with E-state index >= 15 is 0 Å². The first-order valence-corrected chi connectivity index (χ1v) is 10.9. The van der Waals surface area contributed by atoms with Gasteiger partial charge in [-0.25, -0.2) is 4.98 Å². The molecule has 1 saturated heterocycles. The number of nitrogens with one attached hydrogen (secondary N) is 1. The van der Waals surface area contributed by atoms with Gasteiger partial charge in [0.1, 0.15) is 23.6 Å². The Morgan fingerprint density at radius 1 is 1.18 bits per heavy atom. The van der Waals surface area contributed by atoms with E-state index in [-0.39, 0.29) is 53.6 Å². The van der Waals surface area contributed by atoms with Crippen LogP contribution in [-0.4, -0.2) is 54.6 Å². The lowest BCUT2D eigenvalue weighted by Crippen LogP contribution is -2.74. The molecular formula is C22H21ClN6O4. The number of fused-ring (bicyclic) bond motifs is 2. The highest BCUT2D eigenvalue weighted by atomic mass is 35.5. The predicted molar refractivity (Wildman–Crippen MR) is 119 cm³/mol. The Balaban J connectivity index is 1.35. The van der Waals surface area contributed by atoms with Gasteiger partial charge in [-0.15, -0.1) is 0 Å². The number of carbonyl (C=O) groups is 3. The minimum absolute atomic E-state index is 0.0130. The number of primary amides is 1. The monoisotopic (exact) mass is 468 g/mol. The molecule has 3 amide bonds. The van der Waals surface area contributed by atoms with Gasteiger partial charge in [-0.05, 0) is 31.0 Å². The van der Waals surface area contributed by atoms with Crippen LogP contribution < -0.4 is 11.1 Å². The molecule has 2 aliphatic rings. The maximum atomic E-state index is 13.2. The number of benzene rings is 1. The highest BCUT2D eigenvalue weighted by Crippen LogP contribution is 2.47. The Morgan fingerprint density at radius 2 is 1.97 bits per heavy atom. The van der Waals surface area contributed by atoms with Crippen molar-refractivity contribution < 1.29 is 19.5 Å². The maximum Gasteiger partial charge on any atom is 0.269 e. The first-order valence-electron chi connectivity index (χ1n) is 10.5. The molecule has 1 aliphatic carbocycles. The van der Waals surface area contributed by atoms with E-state index in [1.165, 1.54) is 4.68 Å². The van der Waals surface area contributed by atoms with E-state index in [9.17, 15) is 19.5 Å². The highest BCUT2D eigenvalue weighted by Gasteiger charge is 2.58. The van der Waals surface area contributed by atoms with E-state index in [2.05, 4.69) is 15.4 Å². The zero-order chi connectivity index (χ0) is 23.3. The molecule has 0 bridgehead atoms. The number of para-hydroxylation sites is 1. The second-order valence-electron chi connectivity index (χ2n) is 8.24. The number of piperidine rings is 1. The number of aromatic nitrogens is 3. The van der Waals surface area contributed by atoms with Crippen LogP contribution in [0.15, 0.2) is 36.4 Å². The number of rotatable bonds is 6. The Morgan fingerprint density at radius 3 is 2.64 bits per heavy atom. The minimum Gasteiger partial charge on any atom is -0.392 e. The first-order chi connectivity index (χ1) is 15.9. The van der Waals surface area contributed by atoms with E-state index in [4.69, 9.17) is 17.3 Å². The summed E-state index contributed by atoms with van der Waals surface area (Å²) in [7, 11) is 0. The number of nitrogens with zero attached hydrogens (tertiary/aromatic N) is 4. The number of carbonyl (C=O) groups excluding carboxylic acids is 3. The van der Waals surface area contributed by atoms with Crippen LogP contribution in [0.3, 0.4) is 0 Å². The summed E-state index contributed by atoms with van der Waals surface area (Å²) in [6.07, 6.45) is 1.70. The molecule has 3 atom stereocenters. The molecule has 1 unspecified atom stereocenters. The summed E-state index contributed by atoms with van der Waals surface area (Å²) in [5, 5.41) is 16.9. The molecule has 3 heterocycles. The van der Waals surface area contributed by atoms with Gasteiger partial charge in [-0.3, -0.25) is 19.1 Å². The zero-order valence-corrected chi connectivity index (χ0v) is 18.2. The third-order valence-electron chi connectivity index (χ3n) is 6.43. The molecule has 0 radical (unpaired) electrons. The van der Waals surface area contributed by atoms with Crippen LogP contribution in [0, 0.1) is 5.92 Å². The molecule has 3 aromatic rings. The van der Waals surface area contributed by atoms with Crippen molar-refractivity contribution in [2.75, 3.05) is 5.32 Å². The van der Waals surface area contributed by atoms with Crippen molar-refractivity contribution in [1.82, 2.24) is 19.7 Å². The number of aliphatic hydroxyl groups is 1. The molecule has 1 aliphatic heterocycles. The van der Waals surface area contributed by atoms with Gasteiger partial charge in [-0.1, -0.05) is 29.8 Å². The van der Waals surface area contributed by atoms with Crippen LogP contribution in [0.1, 0.15) is 28.9 Å². The van der Waals surface area contributed by atoms with Crippen LogP contribution in [-0.2, 0) is 22.7 Å². The third-order valence-corrected chi connectivity index (χ3v) is 6.76. The van der Waals surface area contributed by atoms with E-state index < -0.39 is 11.9 Å². The molecule has 4 N–H and O–H groups in total. The Kier molecular flexibility index (Phi) is 5.26. The van der Waals surface area contributed by atoms with Crippen LogP contribution in [0.4, 0.5) is 5.82 Å². The average molecular weight is 469 g/mol. The van der Waals surface area contributed by atoms with Crippen molar-refractivity contribution in [2.24, 2.45) is 11.7 Å².